The van der Waals surface area contributed by atoms with E-state index in [4.69, 9.17) is 0 Å². The highest BCUT2D eigenvalue weighted by molar-refractivity contribution is 9.10. The molecule has 70 valence electrons. The molecule has 0 saturated heterocycles. The smallest absolute Gasteiger partial charge is 0.124 e. The first-order valence-corrected chi connectivity index (χ1v) is 4.59. The summed E-state index contributed by atoms with van der Waals surface area (Å²) in [5.41, 5.74) is 1.11. The molecule has 3 heteroatoms. The standard InChI is InChI=1S/C10H10BrFO/c1-6(2)10(13)7-3-8(11)5-9(12)4-7/h3-5,10,13H,1H2,2H3. The molecule has 1 unspecified atom stereocenters. The van der Waals surface area contributed by atoms with Crippen molar-refractivity contribution < 1.29 is 9.50 Å². The molecule has 0 aliphatic heterocycles. The van der Waals surface area contributed by atoms with Crippen LogP contribution >= 0.6 is 15.9 Å². The van der Waals surface area contributed by atoms with Crippen LogP contribution in [0.15, 0.2) is 34.8 Å². The second-order valence-electron chi connectivity index (χ2n) is 2.95. The zero-order valence-corrected chi connectivity index (χ0v) is 8.81. The summed E-state index contributed by atoms with van der Waals surface area (Å²) in [4.78, 5) is 0. The summed E-state index contributed by atoms with van der Waals surface area (Å²) in [6.45, 7) is 5.30. The van der Waals surface area contributed by atoms with Crippen LogP contribution in [0, 0.1) is 5.82 Å². The number of hydrogen-bond acceptors (Lipinski definition) is 1. The second-order valence-corrected chi connectivity index (χ2v) is 3.87. The average molecular weight is 245 g/mol. The van der Waals surface area contributed by atoms with Crippen LogP contribution in [0.25, 0.3) is 0 Å². The van der Waals surface area contributed by atoms with E-state index in [1.807, 2.05) is 0 Å². The maximum Gasteiger partial charge on any atom is 0.124 e. The van der Waals surface area contributed by atoms with E-state index < -0.39 is 6.10 Å². The van der Waals surface area contributed by atoms with E-state index in [9.17, 15) is 9.50 Å². The lowest BCUT2D eigenvalue weighted by Crippen LogP contribution is -1.98. The predicted octanol–water partition coefficient (Wildman–Crippen LogP) is 3.20. The van der Waals surface area contributed by atoms with Gasteiger partial charge in [0.25, 0.3) is 0 Å². The van der Waals surface area contributed by atoms with E-state index >= 15 is 0 Å². The molecule has 0 aromatic heterocycles. The number of aliphatic hydroxyl groups excluding tert-OH is 1. The summed E-state index contributed by atoms with van der Waals surface area (Å²) in [7, 11) is 0. The number of rotatable bonds is 2. The van der Waals surface area contributed by atoms with Gasteiger partial charge in [-0.15, -0.1) is 0 Å². The zero-order valence-electron chi connectivity index (χ0n) is 7.22. The average Bonchev–Trinajstić information content (AvgIpc) is 2.01. The van der Waals surface area contributed by atoms with E-state index in [2.05, 4.69) is 22.5 Å². The van der Waals surface area contributed by atoms with Gasteiger partial charge in [-0.05, 0) is 36.3 Å². The Morgan fingerprint density at radius 3 is 2.62 bits per heavy atom. The Kier molecular flexibility index (Phi) is 3.22. The molecule has 0 aliphatic rings. The van der Waals surface area contributed by atoms with Crippen LogP contribution in [0.2, 0.25) is 0 Å². The molecule has 0 amide bonds. The van der Waals surface area contributed by atoms with Gasteiger partial charge in [0.15, 0.2) is 0 Å². The lowest BCUT2D eigenvalue weighted by molar-refractivity contribution is 0.215. The van der Waals surface area contributed by atoms with E-state index in [0.29, 0.717) is 15.6 Å². The first kappa shape index (κ1) is 10.4. The van der Waals surface area contributed by atoms with E-state index in [1.54, 1.807) is 13.0 Å². The fourth-order valence-corrected chi connectivity index (χ4v) is 1.50. The van der Waals surface area contributed by atoms with Crippen LogP contribution in [-0.2, 0) is 0 Å². The minimum atomic E-state index is -0.799. The van der Waals surface area contributed by atoms with E-state index in [0.717, 1.165) is 0 Å². The van der Waals surface area contributed by atoms with Gasteiger partial charge in [0, 0.05) is 4.47 Å². The summed E-state index contributed by atoms with van der Waals surface area (Å²) in [6.07, 6.45) is -0.799. The van der Waals surface area contributed by atoms with Crippen molar-refractivity contribution in [3.8, 4) is 0 Å². The SMILES string of the molecule is C=C(C)C(O)c1cc(F)cc(Br)c1. The molecule has 1 atom stereocenters. The first-order chi connectivity index (χ1) is 6.00. The van der Waals surface area contributed by atoms with Crippen molar-refractivity contribution >= 4 is 15.9 Å². The monoisotopic (exact) mass is 244 g/mol. The third kappa shape index (κ3) is 2.64. The van der Waals surface area contributed by atoms with Crippen molar-refractivity contribution in [2.75, 3.05) is 0 Å². The third-order valence-electron chi connectivity index (χ3n) is 1.67. The van der Waals surface area contributed by atoms with Crippen LogP contribution in [0.4, 0.5) is 4.39 Å². The summed E-state index contributed by atoms with van der Waals surface area (Å²) in [5, 5.41) is 9.56. The maximum absolute atomic E-state index is 12.9. The van der Waals surface area contributed by atoms with Crippen molar-refractivity contribution in [1.82, 2.24) is 0 Å². The number of aliphatic hydroxyl groups is 1. The van der Waals surface area contributed by atoms with Gasteiger partial charge in [0.05, 0.1) is 6.10 Å². The van der Waals surface area contributed by atoms with Gasteiger partial charge in [-0.2, -0.15) is 0 Å². The molecule has 1 nitrogen and oxygen atoms in total. The van der Waals surface area contributed by atoms with Crippen LogP contribution in [0.3, 0.4) is 0 Å². The lowest BCUT2D eigenvalue weighted by Gasteiger charge is -2.10. The zero-order chi connectivity index (χ0) is 10.0. The van der Waals surface area contributed by atoms with Crippen LogP contribution < -0.4 is 0 Å². The highest BCUT2D eigenvalue weighted by Gasteiger charge is 2.09. The van der Waals surface area contributed by atoms with Gasteiger partial charge in [0.2, 0.25) is 0 Å². The van der Waals surface area contributed by atoms with E-state index in [-0.39, 0.29) is 5.82 Å². The van der Waals surface area contributed by atoms with Gasteiger partial charge in [0.1, 0.15) is 5.82 Å². The van der Waals surface area contributed by atoms with E-state index in [1.165, 1.54) is 12.1 Å². The molecular formula is C10H10BrFO. The Balaban J connectivity index is 3.07. The van der Waals surface area contributed by atoms with Gasteiger partial charge in [-0.25, -0.2) is 4.39 Å². The van der Waals surface area contributed by atoms with Crippen molar-refractivity contribution in [2.45, 2.75) is 13.0 Å². The number of benzene rings is 1. The number of halogens is 2. The van der Waals surface area contributed by atoms with Crippen LogP contribution in [-0.4, -0.2) is 5.11 Å². The van der Waals surface area contributed by atoms with Gasteiger partial charge in [-0.3, -0.25) is 0 Å². The molecule has 1 rings (SSSR count). The fraction of sp³-hybridized carbons (Fsp3) is 0.200. The second kappa shape index (κ2) is 4.03. The minimum Gasteiger partial charge on any atom is -0.384 e. The van der Waals surface area contributed by atoms with Gasteiger partial charge < -0.3 is 5.11 Å². The normalized spacial score (nSPS) is 12.6. The molecule has 0 spiro atoms. The van der Waals surface area contributed by atoms with Crippen molar-refractivity contribution in [3.05, 3.63) is 46.2 Å². The number of hydrogen-bond donors (Lipinski definition) is 1. The predicted molar refractivity (Wildman–Crippen MR) is 53.9 cm³/mol. The molecular weight excluding hydrogens is 235 g/mol. The molecule has 0 bridgehead atoms. The van der Waals surface area contributed by atoms with Gasteiger partial charge in [-0.1, -0.05) is 22.5 Å². The first-order valence-electron chi connectivity index (χ1n) is 3.80. The molecule has 0 heterocycles. The molecule has 1 N–H and O–H groups in total. The van der Waals surface area contributed by atoms with Gasteiger partial charge >= 0.3 is 0 Å². The molecule has 0 radical (unpaired) electrons. The van der Waals surface area contributed by atoms with Crippen molar-refractivity contribution in [1.29, 1.82) is 0 Å². The van der Waals surface area contributed by atoms with Crippen molar-refractivity contribution in [2.24, 2.45) is 0 Å². The Labute approximate surface area is 85.0 Å². The quantitative estimate of drug-likeness (QED) is 0.793. The third-order valence-corrected chi connectivity index (χ3v) is 2.13. The Morgan fingerprint density at radius 1 is 1.54 bits per heavy atom. The highest BCUT2D eigenvalue weighted by Crippen LogP contribution is 2.24. The molecule has 0 fully saturated rings. The Bertz CT molecular complexity index is 315. The molecule has 0 aliphatic carbocycles. The molecule has 1 aromatic carbocycles. The molecule has 0 saturated carbocycles. The summed E-state index contributed by atoms with van der Waals surface area (Å²) >= 11 is 3.15. The Morgan fingerprint density at radius 2 is 2.15 bits per heavy atom. The fourth-order valence-electron chi connectivity index (χ4n) is 1.02. The van der Waals surface area contributed by atoms with Crippen LogP contribution in [0.5, 0.6) is 0 Å². The van der Waals surface area contributed by atoms with Crippen molar-refractivity contribution in [3.63, 3.8) is 0 Å². The summed E-state index contributed by atoms with van der Waals surface area (Å²) in [6, 6.07) is 4.31. The minimum absolute atomic E-state index is 0.371. The highest BCUT2D eigenvalue weighted by atomic mass is 79.9. The summed E-state index contributed by atoms with van der Waals surface area (Å²) in [5.74, 6) is -0.371. The maximum atomic E-state index is 12.9. The molecule has 1 aromatic rings. The molecule has 13 heavy (non-hydrogen) atoms. The van der Waals surface area contributed by atoms with Crippen LogP contribution in [0.1, 0.15) is 18.6 Å². The lowest BCUT2D eigenvalue weighted by atomic mass is 10.0. The Hall–Kier alpha value is -0.670. The largest absolute Gasteiger partial charge is 0.384 e. The summed E-state index contributed by atoms with van der Waals surface area (Å²) < 4.78 is 13.5. The topological polar surface area (TPSA) is 20.2 Å².